The van der Waals surface area contributed by atoms with E-state index in [1.165, 1.54) is 40.1 Å². The van der Waals surface area contributed by atoms with Crippen LogP contribution in [0.15, 0.2) is 47.4 Å². The van der Waals surface area contributed by atoms with Gasteiger partial charge in [0.15, 0.2) is 11.6 Å². The number of hydrogen-bond acceptors (Lipinski definition) is 4. The number of sulfonamides is 1. The average molecular weight is 424 g/mol. The molecule has 1 fully saturated rings. The molecular formula is C18H18F2N4O4S. The Morgan fingerprint density at radius 1 is 1.07 bits per heavy atom. The zero-order valence-corrected chi connectivity index (χ0v) is 16.0. The minimum absolute atomic E-state index is 0.0347. The van der Waals surface area contributed by atoms with Crippen LogP contribution < -0.4 is 15.4 Å². The number of halogens is 2. The van der Waals surface area contributed by atoms with Gasteiger partial charge in [0, 0.05) is 31.4 Å². The normalized spacial score (nSPS) is 14.4. The van der Waals surface area contributed by atoms with Crippen molar-refractivity contribution >= 4 is 27.6 Å². The summed E-state index contributed by atoms with van der Waals surface area (Å²) in [5.41, 5.74) is 0.869. The smallest absolute Gasteiger partial charge is 0.325 e. The van der Waals surface area contributed by atoms with E-state index in [1.54, 1.807) is 0 Å². The van der Waals surface area contributed by atoms with E-state index in [-0.39, 0.29) is 36.8 Å². The fourth-order valence-electron chi connectivity index (χ4n) is 2.85. The summed E-state index contributed by atoms with van der Waals surface area (Å²) in [5.74, 6) is -2.48. The highest BCUT2D eigenvalue weighted by atomic mass is 32.2. The van der Waals surface area contributed by atoms with Crippen LogP contribution >= 0.6 is 0 Å². The Labute approximate surface area is 165 Å². The van der Waals surface area contributed by atoms with Gasteiger partial charge in [0.05, 0.1) is 4.90 Å². The minimum Gasteiger partial charge on any atom is -0.350 e. The molecular weight excluding hydrogens is 406 g/mol. The van der Waals surface area contributed by atoms with Gasteiger partial charge in [0.2, 0.25) is 15.9 Å². The highest BCUT2D eigenvalue weighted by Gasteiger charge is 2.31. The van der Waals surface area contributed by atoms with Crippen LogP contribution in [0.4, 0.5) is 19.3 Å². The summed E-state index contributed by atoms with van der Waals surface area (Å²) in [6.45, 7) is 0.438. The summed E-state index contributed by atoms with van der Waals surface area (Å²) in [4.78, 5) is 27.1. The fourth-order valence-corrected chi connectivity index (χ4v) is 3.36. The van der Waals surface area contributed by atoms with E-state index in [0.29, 0.717) is 5.56 Å². The highest BCUT2D eigenvalue weighted by Crippen LogP contribution is 2.22. The quantitative estimate of drug-likeness (QED) is 0.725. The van der Waals surface area contributed by atoms with Crippen LogP contribution in [0.3, 0.4) is 0 Å². The van der Waals surface area contributed by atoms with Crippen LogP contribution in [-0.2, 0) is 21.4 Å². The Morgan fingerprint density at radius 2 is 1.76 bits per heavy atom. The van der Waals surface area contributed by atoms with Gasteiger partial charge in [0.1, 0.15) is 6.54 Å². The summed E-state index contributed by atoms with van der Waals surface area (Å²) < 4.78 is 48.9. The number of nitrogens with two attached hydrogens (primary N) is 1. The second kappa shape index (κ2) is 8.13. The number of anilines is 1. The third kappa shape index (κ3) is 4.87. The number of carbonyl (C=O) groups excluding carboxylic acids is 2. The predicted molar refractivity (Wildman–Crippen MR) is 100 cm³/mol. The number of nitrogens with one attached hydrogen (secondary N) is 1. The third-order valence-electron chi connectivity index (χ3n) is 4.39. The molecule has 1 aliphatic rings. The third-order valence-corrected chi connectivity index (χ3v) is 5.32. The van der Waals surface area contributed by atoms with Gasteiger partial charge in [-0.1, -0.05) is 12.1 Å². The van der Waals surface area contributed by atoms with E-state index in [1.807, 2.05) is 0 Å². The molecule has 0 bridgehead atoms. The molecule has 29 heavy (non-hydrogen) atoms. The lowest BCUT2D eigenvalue weighted by Gasteiger charge is -2.18. The molecule has 2 aromatic carbocycles. The highest BCUT2D eigenvalue weighted by molar-refractivity contribution is 7.89. The topological polar surface area (TPSA) is 113 Å². The van der Waals surface area contributed by atoms with Gasteiger partial charge in [0.25, 0.3) is 0 Å². The number of rotatable bonds is 6. The molecule has 0 radical (unpaired) electrons. The molecule has 154 valence electrons. The number of carbonyl (C=O) groups is 2. The van der Waals surface area contributed by atoms with E-state index in [2.05, 4.69) is 5.32 Å². The standard InChI is InChI=1S/C18H18F2N4O4S/c19-15-6-3-13(9-16(15)20)24-8-7-23(18(24)26)11-17(25)22-10-12-1-4-14(5-2-12)29(21,27)28/h1-6,9H,7-8,10-11H2,(H,22,25)(H2,21,27,28). The summed E-state index contributed by atoms with van der Waals surface area (Å²) in [6.07, 6.45) is 0. The molecule has 2 aromatic rings. The number of hydrogen-bond donors (Lipinski definition) is 2. The largest absolute Gasteiger partial charge is 0.350 e. The zero-order chi connectivity index (χ0) is 21.2. The van der Waals surface area contributed by atoms with Gasteiger partial charge < -0.3 is 10.2 Å². The van der Waals surface area contributed by atoms with Crippen LogP contribution in [0.5, 0.6) is 0 Å². The molecule has 11 heteroatoms. The molecule has 3 rings (SSSR count). The van der Waals surface area contributed by atoms with Gasteiger partial charge in [-0.15, -0.1) is 0 Å². The van der Waals surface area contributed by atoms with Crippen molar-refractivity contribution in [3.63, 3.8) is 0 Å². The predicted octanol–water partition coefficient (Wildman–Crippen LogP) is 1.17. The van der Waals surface area contributed by atoms with Crippen molar-refractivity contribution in [1.82, 2.24) is 10.2 Å². The first-order chi connectivity index (χ1) is 13.6. The summed E-state index contributed by atoms with van der Waals surface area (Å²) in [7, 11) is -3.79. The maximum absolute atomic E-state index is 13.4. The van der Waals surface area contributed by atoms with E-state index in [4.69, 9.17) is 5.14 Å². The molecule has 0 unspecified atom stereocenters. The monoisotopic (exact) mass is 424 g/mol. The van der Waals surface area contributed by atoms with E-state index >= 15 is 0 Å². The molecule has 1 saturated heterocycles. The molecule has 0 saturated carbocycles. The lowest BCUT2D eigenvalue weighted by Crippen LogP contribution is -2.39. The number of primary sulfonamides is 1. The van der Waals surface area contributed by atoms with Gasteiger partial charge in [-0.3, -0.25) is 9.69 Å². The van der Waals surface area contributed by atoms with E-state index < -0.39 is 33.6 Å². The van der Waals surface area contributed by atoms with Crippen LogP contribution in [-0.4, -0.2) is 44.9 Å². The van der Waals surface area contributed by atoms with Crippen molar-refractivity contribution in [2.75, 3.05) is 24.5 Å². The number of benzene rings is 2. The molecule has 8 nitrogen and oxygen atoms in total. The molecule has 0 aliphatic carbocycles. The summed E-state index contributed by atoms with van der Waals surface area (Å²) in [6, 6.07) is 8.39. The Bertz CT molecular complexity index is 1040. The Morgan fingerprint density at radius 3 is 2.38 bits per heavy atom. The first-order valence-electron chi connectivity index (χ1n) is 8.55. The molecule has 0 atom stereocenters. The minimum atomic E-state index is -3.79. The first kappa shape index (κ1) is 20.7. The molecule has 0 aromatic heterocycles. The molecule has 3 N–H and O–H groups in total. The maximum atomic E-state index is 13.4. The Kier molecular flexibility index (Phi) is 5.80. The Hall–Kier alpha value is -3.05. The molecule has 1 heterocycles. The Balaban J connectivity index is 1.54. The number of amides is 3. The fraction of sp³-hybridized carbons (Fsp3) is 0.222. The first-order valence-corrected chi connectivity index (χ1v) is 10.1. The van der Waals surface area contributed by atoms with E-state index in [9.17, 15) is 26.8 Å². The lowest BCUT2D eigenvalue weighted by atomic mass is 10.2. The van der Waals surface area contributed by atoms with Crippen molar-refractivity contribution < 1.29 is 26.8 Å². The SMILES string of the molecule is NS(=O)(=O)c1ccc(CNC(=O)CN2CCN(c3ccc(F)c(F)c3)C2=O)cc1. The van der Waals surface area contributed by atoms with Crippen molar-refractivity contribution in [2.45, 2.75) is 11.4 Å². The van der Waals surface area contributed by atoms with Gasteiger partial charge >= 0.3 is 6.03 Å². The average Bonchev–Trinajstić information content (AvgIpc) is 3.02. The second-order valence-corrected chi connectivity index (χ2v) is 7.98. The second-order valence-electron chi connectivity index (χ2n) is 6.42. The van der Waals surface area contributed by atoms with Crippen molar-refractivity contribution in [3.8, 4) is 0 Å². The van der Waals surface area contributed by atoms with Crippen molar-refractivity contribution in [2.24, 2.45) is 5.14 Å². The van der Waals surface area contributed by atoms with Crippen molar-refractivity contribution in [1.29, 1.82) is 0 Å². The van der Waals surface area contributed by atoms with Crippen LogP contribution in [0.2, 0.25) is 0 Å². The van der Waals surface area contributed by atoms with Gasteiger partial charge in [-0.25, -0.2) is 27.1 Å². The van der Waals surface area contributed by atoms with Crippen LogP contribution in [0.25, 0.3) is 0 Å². The lowest BCUT2D eigenvalue weighted by molar-refractivity contribution is -0.121. The molecule has 1 aliphatic heterocycles. The zero-order valence-electron chi connectivity index (χ0n) is 15.1. The van der Waals surface area contributed by atoms with Crippen LogP contribution in [0.1, 0.15) is 5.56 Å². The van der Waals surface area contributed by atoms with Gasteiger partial charge in [-0.05, 0) is 29.8 Å². The molecule has 3 amide bonds. The summed E-state index contributed by atoms with van der Waals surface area (Å²) in [5, 5.41) is 7.66. The molecule has 0 spiro atoms. The maximum Gasteiger partial charge on any atom is 0.325 e. The summed E-state index contributed by atoms with van der Waals surface area (Å²) >= 11 is 0. The number of urea groups is 1. The van der Waals surface area contributed by atoms with Crippen LogP contribution in [0, 0.1) is 11.6 Å². The number of nitrogens with zero attached hydrogens (tertiary/aromatic N) is 2. The van der Waals surface area contributed by atoms with E-state index in [0.717, 1.165) is 12.1 Å². The van der Waals surface area contributed by atoms with Crippen molar-refractivity contribution in [3.05, 3.63) is 59.7 Å². The van der Waals surface area contributed by atoms with Gasteiger partial charge in [-0.2, -0.15) is 0 Å².